The maximum atomic E-state index is 12.3. The molecular formula is C10H7F3N4OS. The first kappa shape index (κ1) is 13.3. The van der Waals surface area contributed by atoms with Crippen molar-refractivity contribution in [3.63, 3.8) is 0 Å². The summed E-state index contributed by atoms with van der Waals surface area (Å²) >= 11 is 0.249. The second-order valence-electron chi connectivity index (χ2n) is 3.45. The molecule has 1 aromatic carbocycles. The van der Waals surface area contributed by atoms with Gasteiger partial charge in [-0.15, -0.1) is 10.2 Å². The first-order valence-electron chi connectivity index (χ1n) is 4.94. The smallest absolute Gasteiger partial charge is 0.398 e. The molecule has 0 aliphatic carbocycles. The number of carbonyl (C=O) groups excluding carboxylic acids is 1. The standard InChI is InChI=1S/C10H7F3N4OS/c11-10(12,13)8-16-17-9(19-8)15-7(18)5-3-1-2-4-6(5)14/h1-4H,14H2,(H,15,17,18). The van der Waals surface area contributed by atoms with Crippen molar-refractivity contribution in [1.29, 1.82) is 0 Å². The van der Waals surface area contributed by atoms with Gasteiger partial charge >= 0.3 is 6.18 Å². The largest absolute Gasteiger partial charge is 0.445 e. The van der Waals surface area contributed by atoms with Crippen LogP contribution >= 0.6 is 11.3 Å². The molecule has 1 aromatic heterocycles. The van der Waals surface area contributed by atoms with Gasteiger partial charge in [-0.05, 0) is 12.1 Å². The van der Waals surface area contributed by atoms with Crippen LogP contribution in [0, 0.1) is 0 Å². The number of nitrogens with two attached hydrogens (primary N) is 1. The molecule has 0 aliphatic heterocycles. The minimum Gasteiger partial charge on any atom is -0.398 e. The fourth-order valence-electron chi connectivity index (χ4n) is 1.26. The molecule has 2 aromatic rings. The van der Waals surface area contributed by atoms with Crippen LogP contribution in [0.3, 0.4) is 0 Å². The fraction of sp³-hybridized carbons (Fsp3) is 0.100. The maximum Gasteiger partial charge on any atom is 0.445 e. The zero-order chi connectivity index (χ0) is 14.0. The van der Waals surface area contributed by atoms with Crippen molar-refractivity contribution < 1.29 is 18.0 Å². The molecule has 1 heterocycles. The Hall–Kier alpha value is -2.16. The number of amides is 1. The van der Waals surface area contributed by atoms with Crippen molar-refractivity contribution in [1.82, 2.24) is 10.2 Å². The van der Waals surface area contributed by atoms with Crippen molar-refractivity contribution in [3.05, 3.63) is 34.8 Å². The Balaban J connectivity index is 2.16. The highest BCUT2D eigenvalue weighted by atomic mass is 32.1. The predicted octanol–water partition coefficient (Wildman–Crippen LogP) is 2.39. The summed E-state index contributed by atoms with van der Waals surface area (Å²) < 4.78 is 36.9. The zero-order valence-electron chi connectivity index (χ0n) is 9.23. The molecule has 0 atom stereocenters. The van der Waals surface area contributed by atoms with Gasteiger partial charge in [0.05, 0.1) is 5.56 Å². The first-order valence-corrected chi connectivity index (χ1v) is 5.76. The molecule has 0 saturated carbocycles. The van der Waals surface area contributed by atoms with Crippen LogP contribution in [0.1, 0.15) is 15.4 Å². The average molecular weight is 288 g/mol. The highest BCUT2D eigenvalue weighted by Crippen LogP contribution is 2.33. The quantitative estimate of drug-likeness (QED) is 0.831. The molecule has 0 radical (unpaired) electrons. The molecule has 19 heavy (non-hydrogen) atoms. The lowest BCUT2D eigenvalue weighted by atomic mass is 10.2. The molecule has 0 aliphatic rings. The molecule has 9 heteroatoms. The Bertz CT molecular complexity index is 611. The summed E-state index contributed by atoms with van der Waals surface area (Å²) in [5.41, 5.74) is 5.96. The third kappa shape index (κ3) is 2.99. The molecule has 0 saturated heterocycles. The van der Waals surface area contributed by atoms with Crippen LogP contribution in [-0.2, 0) is 6.18 Å². The number of nitrogens with zero attached hydrogens (tertiary/aromatic N) is 2. The van der Waals surface area contributed by atoms with E-state index in [0.29, 0.717) is 0 Å². The van der Waals surface area contributed by atoms with Crippen molar-refractivity contribution in [3.8, 4) is 0 Å². The van der Waals surface area contributed by atoms with Crippen LogP contribution in [0.4, 0.5) is 24.0 Å². The van der Waals surface area contributed by atoms with Crippen LogP contribution in [0.15, 0.2) is 24.3 Å². The monoisotopic (exact) mass is 288 g/mol. The van der Waals surface area contributed by atoms with Gasteiger partial charge in [-0.3, -0.25) is 10.1 Å². The van der Waals surface area contributed by atoms with Gasteiger partial charge in [0.1, 0.15) is 0 Å². The molecule has 5 nitrogen and oxygen atoms in total. The molecule has 0 fully saturated rings. The third-order valence-corrected chi connectivity index (χ3v) is 2.98. The first-order chi connectivity index (χ1) is 8.88. The minimum absolute atomic E-state index is 0.159. The van der Waals surface area contributed by atoms with Crippen LogP contribution in [0.2, 0.25) is 0 Å². The van der Waals surface area contributed by atoms with E-state index in [4.69, 9.17) is 5.73 Å². The summed E-state index contributed by atoms with van der Waals surface area (Å²) in [7, 11) is 0. The van der Waals surface area contributed by atoms with E-state index in [1.807, 2.05) is 0 Å². The fourth-order valence-corrected chi connectivity index (χ4v) is 1.86. The summed E-state index contributed by atoms with van der Waals surface area (Å²) in [6.07, 6.45) is -4.58. The molecule has 0 unspecified atom stereocenters. The van der Waals surface area contributed by atoms with Gasteiger partial charge in [0, 0.05) is 5.69 Å². The van der Waals surface area contributed by atoms with Crippen LogP contribution in [-0.4, -0.2) is 16.1 Å². The van der Waals surface area contributed by atoms with Gasteiger partial charge in [0.25, 0.3) is 5.91 Å². The molecule has 1 amide bonds. The van der Waals surface area contributed by atoms with Gasteiger partial charge in [0.2, 0.25) is 10.1 Å². The van der Waals surface area contributed by atoms with E-state index in [2.05, 4.69) is 15.5 Å². The summed E-state index contributed by atoms with van der Waals surface area (Å²) in [5.74, 6) is -0.636. The highest BCUT2D eigenvalue weighted by molar-refractivity contribution is 7.15. The Kier molecular flexibility index (Phi) is 3.38. The molecule has 2 rings (SSSR count). The van der Waals surface area contributed by atoms with Gasteiger partial charge < -0.3 is 5.73 Å². The third-order valence-electron chi connectivity index (χ3n) is 2.09. The second-order valence-corrected chi connectivity index (χ2v) is 4.43. The van der Waals surface area contributed by atoms with Crippen LogP contribution in [0.25, 0.3) is 0 Å². The normalized spacial score (nSPS) is 11.3. The number of alkyl halides is 3. The Morgan fingerprint density at radius 2 is 1.95 bits per heavy atom. The lowest BCUT2D eigenvalue weighted by Crippen LogP contribution is -2.13. The average Bonchev–Trinajstić information content (AvgIpc) is 2.77. The van der Waals surface area contributed by atoms with E-state index < -0.39 is 17.1 Å². The van der Waals surface area contributed by atoms with Crippen molar-refractivity contribution >= 4 is 28.1 Å². The summed E-state index contributed by atoms with van der Waals surface area (Å²) in [6.45, 7) is 0. The number of halogens is 3. The second kappa shape index (κ2) is 4.84. The summed E-state index contributed by atoms with van der Waals surface area (Å²) in [5, 5.41) is 7.07. The Morgan fingerprint density at radius 1 is 1.26 bits per heavy atom. The number of hydrogen-bond donors (Lipinski definition) is 2. The van der Waals surface area contributed by atoms with Gasteiger partial charge in [-0.25, -0.2) is 0 Å². The van der Waals surface area contributed by atoms with E-state index >= 15 is 0 Å². The van der Waals surface area contributed by atoms with E-state index in [1.54, 1.807) is 12.1 Å². The minimum atomic E-state index is -4.58. The lowest BCUT2D eigenvalue weighted by molar-refractivity contribution is -0.138. The molecule has 100 valence electrons. The molecule has 0 bridgehead atoms. The predicted molar refractivity (Wildman–Crippen MR) is 63.7 cm³/mol. The molecule has 0 spiro atoms. The Labute approximate surface area is 109 Å². The number of aromatic nitrogens is 2. The van der Waals surface area contributed by atoms with Gasteiger partial charge in [0.15, 0.2) is 0 Å². The van der Waals surface area contributed by atoms with E-state index in [0.717, 1.165) is 0 Å². The number of nitrogen functional groups attached to an aromatic ring is 1. The summed E-state index contributed by atoms with van der Waals surface area (Å²) in [4.78, 5) is 11.8. The number of para-hydroxylation sites is 1. The van der Waals surface area contributed by atoms with Crippen molar-refractivity contribution in [2.75, 3.05) is 11.1 Å². The SMILES string of the molecule is Nc1ccccc1C(=O)Nc1nnc(C(F)(F)F)s1. The van der Waals surface area contributed by atoms with Gasteiger partial charge in [-0.1, -0.05) is 23.5 Å². The molecular weight excluding hydrogens is 281 g/mol. The number of anilines is 2. The number of nitrogens with one attached hydrogen (secondary N) is 1. The van der Waals surface area contributed by atoms with Crippen molar-refractivity contribution in [2.24, 2.45) is 0 Å². The maximum absolute atomic E-state index is 12.3. The Morgan fingerprint density at radius 3 is 2.53 bits per heavy atom. The number of benzene rings is 1. The van der Waals surface area contributed by atoms with Crippen molar-refractivity contribution in [2.45, 2.75) is 6.18 Å². The highest BCUT2D eigenvalue weighted by Gasteiger charge is 2.35. The van der Waals surface area contributed by atoms with Gasteiger partial charge in [-0.2, -0.15) is 13.2 Å². The lowest BCUT2D eigenvalue weighted by Gasteiger charge is -2.03. The topological polar surface area (TPSA) is 80.9 Å². The molecule has 3 N–H and O–H groups in total. The van der Waals surface area contributed by atoms with E-state index in [9.17, 15) is 18.0 Å². The van der Waals surface area contributed by atoms with E-state index in [-0.39, 0.29) is 27.7 Å². The zero-order valence-corrected chi connectivity index (χ0v) is 10.0. The number of carbonyl (C=O) groups is 1. The number of hydrogen-bond acceptors (Lipinski definition) is 5. The van der Waals surface area contributed by atoms with Crippen LogP contribution in [0.5, 0.6) is 0 Å². The summed E-state index contributed by atoms with van der Waals surface area (Å²) in [6, 6.07) is 6.19. The van der Waals surface area contributed by atoms with E-state index in [1.165, 1.54) is 12.1 Å². The van der Waals surface area contributed by atoms with Crippen LogP contribution < -0.4 is 11.1 Å². The number of rotatable bonds is 2.